The first-order valence-electron chi connectivity index (χ1n) is 8.57. The Hall–Kier alpha value is -0.840. The number of aromatic nitrogens is 2. The molecule has 0 amide bonds. The molecular formula is C17H34IN5O2S. The molecule has 0 saturated heterocycles. The maximum absolute atomic E-state index is 12.2. The lowest BCUT2D eigenvalue weighted by molar-refractivity contribution is 0.558. The minimum atomic E-state index is -3.14. The van der Waals surface area contributed by atoms with E-state index < -0.39 is 14.6 Å². The Morgan fingerprint density at radius 3 is 2.31 bits per heavy atom. The molecule has 0 bridgehead atoms. The van der Waals surface area contributed by atoms with Gasteiger partial charge in [-0.3, -0.25) is 9.67 Å². The average molecular weight is 499 g/mol. The van der Waals surface area contributed by atoms with Crippen molar-refractivity contribution in [3.63, 3.8) is 0 Å². The van der Waals surface area contributed by atoms with Crippen molar-refractivity contribution in [2.24, 2.45) is 12.0 Å². The first kappa shape index (κ1) is 25.2. The third-order valence-corrected chi connectivity index (χ3v) is 6.98. The molecule has 0 aromatic carbocycles. The number of halogens is 1. The lowest BCUT2D eigenvalue weighted by Crippen LogP contribution is -2.45. The molecule has 0 saturated carbocycles. The van der Waals surface area contributed by atoms with Gasteiger partial charge in [-0.25, -0.2) is 8.42 Å². The number of hydrogen-bond donors (Lipinski definition) is 2. The summed E-state index contributed by atoms with van der Waals surface area (Å²) in [5, 5.41) is 10.8. The van der Waals surface area contributed by atoms with E-state index >= 15 is 0 Å². The fourth-order valence-electron chi connectivity index (χ4n) is 2.51. The van der Waals surface area contributed by atoms with E-state index in [1.54, 1.807) is 27.8 Å². The summed E-state index contributed by atoms with van der Waals surface area (Å²) in [5.74, 6) is 0.683. The van der Waals surface area contributed by atoms with E-state index in [4.69, 9.17) is 0 Å². The standard InChI is InChI=1S/C17H33N5O2S.HI/c1-12(11-15-13(2)21-22(8)14(15)3)20-16(18-7)19-9-10-25(23,24)17(4,5)6;/h12H,9-11H2,1-8H3,(H2,18,19,20);1H. The van der Waals surface area contributed by atoms with Crippen molar-refractivity contribution in [3.05, 3.63) is 17.0 Å². The van der Waals surface area contributed by atoms with Gasteiger partial charge in [0.2, 0.25) is 0 Å². The highest BCUT2D eigenvalue weighted by molar-refractivity contribution is 14.0. The van der Waals surface area contributed by atoms with Crippen molar-refractivity contribution in [1.29, 1.82) is 0 Å². The zero-order valence-corrected chi connectivity index (χ0v) is 20.3. The van der Waals surface area contributed by atoms with Crippen LogP contribution in [0.1, 0.15) is 44.6 Å². The van der Waals surface area contributed by atoms with Crippen LogP contribution in [0.2, 0.25) is 0 Å². The molecule has 26 heavy (non-hydrogen) atoms. The van der Waals surface area contributed by atoms with Crippen molar-refractivity contribution in [2.75, 3.05) is 19.3 Å². The second kappa shape index (κ2) is 9.91. The number of aryl methyl sites for hydroxylation is 2. The van der Waals surface area contributed by atoms with Gasteiger partial charge in [-0.2, -0.15) is 5.10 Å². The molecule has 0 radical (unpaired) electrons. The lowest BCUT2D eigenvalue weighted by Gasteiger charge is -2.21. The Balaban J connectivity index is 0.00000625. The molecule has 1 atom stereocenters. The van der Waals surface area contributed by atoms with Crippen LogP contribution >= 0.6 is 24.0 Å². The number of guanidine groups is 1. The van der Waals surface area contributed by atoms with Gasteiger partial charge >= 0.3 is 0 Å². The van der Waals surface area contributed by atoms with Crippen molar-refractivity contribution >= 4 is 39.8 Å². The van der Waals surface area contributed by atoms with Gasteiger partial charge in [-0.15, -0.1) is 24.0 Å². The van der Waals surface area contributed by atoms with Crippen LogP contribution in [0.3, 0.4) is 0 Å². The number of aliphatic imine (C=N–C) groups is 1. The number of nitrogens with zero attached hydrogens (tertiary/aromatic N) is 3. The maximum atomic E-state index is 12.2. The van der Waals surface area contributed by atoms with E-state index in [2.05, 4.69) is 34.6 Å². The summed E-state index contributed by atoms with van der Waals surface area (Å²) in [4.78, 5) is 4.18. The molecule has 1 unspecified atom stereocenters. The van der Waals surface area contributed by atoms with E-state index in [0.29, 0.717) is 12.5 Å². The molecule has 9 heteroatoms. The van der Waals surface area contributed by atoms with E-state index in [1.807, 2.05) is 18.7 Å². The number of rotatable bonds is 6. The summed E-state index contributed by atoms with van der Waals surface area (Å²) in [5.41, 5.74) is 3.42. The van der Waals surface area contributed by atoms with Crippen LogP contribution < -0.4 is 10.6 Å². The van der Waals surface area contributed by atoms with Gasteiger partial charge in [0.1, 0.15) is 0 Å². The third kappa shape index (κ3) is 6.71. The quantitative estimate of drug-likeness (QED) is 0.355. The Morgan fingerprint density at radius 1 is 1.31 bits per heavy atom. The first-order valence-corrected chi connectivity index (χ1v) is 10.2. The minimum Gasteiger partial charge on any atom is -0.355 e. The summed E-state index contributed by atoms with van der Waals surface area (Å²) in [6, 6.07) is 0.145. The fourth-order valence-corrected chi connectivity index (χ4v) is 3.49. The summed E-state index contributed by atoms with van der Waals surface area (Å²) in [6.45, 7) is 11.6. The number of nitrogens with one attached hydrogen (secondary N) is 2. The zero-order chi connectivity index (χ0) is 19.4. The highest BCUT2D eigenvalue weighted by Gasteiger charge is 2.28. The SMILES string of the molecule is CN=C(NCCS(=O)(=O)C(C)(C)C)NC(C)Cc1c(C)nn(C)c1C.I. The van der Waals surface area contributed by atoms with Gasteiger partial charge in [-0.05, 0) is 53.5 Å². The van der Waals surface area contributed by atoms with Crippen LogP contribution in [0.5, 0.6) is 0 Å². The molecular weight excluding hydrogens is 465 g/mol. The second-order valence-electron chi connectivity index (χ2n) is 7.45. The van der Waals surface area contributed by atoms with E-state index in [1.165, 1.54) is 5.56 Å². The number of sulfone groups is 1. The molecule has 0 aliphatic rings. The highest BCUT2D eigenvalue weighted by Crippen LogP contribution is 2.15. The van der Waals surface area contributed by atoms with Crippen molar-refractivity contribution in [1.82, 2.24) is 20.4 Å². The molecule has 152 valence electrons. The molecule has 0 aliphatic heterocycles. The molecule has 1 heterocycles. The summed E-state index contributed by atoms with van der Waals surface area (Å²) in [7, 11) is 0.483. The monoisotopic (exact) mass is 499 g/mol. The molecule has 0 spiro atoms. The van der Waals surface area contributed by atoms with Crippen molar-refractivity contribution in [3.8, 4) is 0 Å². The van der Waals surface area contributed by atoms with E-state index in [9.17, 15) is 8.42 Å². The van der Waals surface area contributed by atoms with Crippen molar-refractivity contribution < 1.29 is 8.42 Å². The van der Waals surface area contributed by atoms with Gasteiger partial charge in [0, 0.05) is 32.4 Å². The molecule has 0 fully saturated rings. The molecule has 7 nitrogen and oxygen atoms in total. The Kier molecular flexibility index (Phi) is 9.59. The molecule has 1 aromatic rings. The smallest absolute Gasteiger partial charge is 0.191 e. The van der Waals surface area contributed by atoms with Crippen LogP contribution in [0.25, 0.3) is 0 Å². The first-order chi connectivity index (χ1) is 11.4. The summed E-state index contributed by atoms with van der Waals surface area (Å²) in [6.07, 6.45) is 0.826. The van der Waals surface area contributed by atoms with E-state index in [-0.39, 0.29) is 35.8 Å². The third-order valence-electron chi connectivity index (χ3n) is 4.37. The topological polar surface area (TPSA) is 88.4 Å². The highest BCUT2D eigenvalue weighted by atomic mass is 127. The fraction of sp³-hybridized carbons (Fsp3) is 0.765. The largest absolute Gasteiger partial charge is 0.355 e. The Morgan fingerprint density at radius 2 is 1.88 bits per heavy atom. The Bertz CT molecular complexity index is 720. The van der Waals surface area contributed by atoms with Gasteiger partial charge < -0.3 is 10.6 Å². The zero-order valence-electron chi connectivity index (χ0n) is 17.2. The summed E-state index contributed by atoms with van der Waals surface area (Å²) < 4.78 is 25.5. The molecule has 0 aliphatic carbocycles. The predicted molar refractivity (Wildman–Crippen MR) is 119 cm³/mol. The molecule has 2 N–H and O–H groups in total. The Labute approximate surface area is 175 Å². The second-order valence-corrected chi connectivity index (χ2v) is 10.3. The predicted octanol–water partition coefficient (Wildman–Crippen LogP) is 1.96. The summed E-state index contributed by atoms with van der Waals surface area (Å²) >= 11 is 0. The number of hydrogen-bond acceptors (Lipinski definition) is 4. The van der Waals surface area contributed by atoms with Gasteiger partial charge in [-0.1, -0.05) is 0 Å². The minimum absolute atomic E-state index is 0. The average Bonchev–Trinajstić information content (AvgIpc) is 2.71. The van der Waals surface area contributed by atoms with Gasteiger partial charge in [0.15, 0.2) is 15.8 Å². The van der Waals surface area contributed by atoms with Crippen LogP contribution in [0.15, 0.2) is 4.99 Å². The van der Waals surface area contributed by atoms with Crippen LogP contribution in [-0.4, -0.2) is 54.3 Å². The van der Waals surface area contributed by atoms with Gasteiger partial charge in [0.25, 0.3) is 0 Å². The maximum Gasteiger partial charge on any atom is 0.191 e. The van der Waals surface area contributed by atoms with E-state index in [0.717, 1.165) is 17.8 Å². The van der Waals surface area contributed by atoms with Crippen LogP contribution in [0, 0.1) is 13.8 Å². The van der Waals surface area contributed by atoms with Crippen molar-refractivity contribution in [2.45, 2.75) is 58.8 Å². The molecule has 1 rings (SSSR count). The van der Waals surface area contributed by atoms with Gasteiger partial charge in [0.05, 0.1) is 16.2 Å². The molecule has 1 aromatic heterocycles. The normalized spacial score (nSPS) is 13.9. The lowest BCUT2D eigenvalue weighted by atomic mass is 10.1. The van der Waals surface area contributed by atoms with Crippen LogP contribution in [0.4, 0.5) is 0 Å². The van der Waals surface area contributed by atoms with Crippen LogP contribution in [-0.2, 0) is 23.3 Å².